The third-order valence-electron chi connectivity index (χ3n) is 5.08. The third kappa shape index (κ3) is 6.67. The van der Waals surface area contributed by atoms with Gasteiger partial charge in [0.1, 0.15) is 0 Å². The van der Waals surface area contributed by atoms with E-state index in [0.29, 0.717) is 17.6 Å². The molecule has 0 aliphatic rings. The van der Waals surface area contributed by atoms with Crippen molar-refractivity contribution < 1.29 is 0 Å². The molecule has 0 spiro atoms. The molecule has 35 heavy (non-hydrogen) atoms. The second-order valence-electron chi connectivity index (χ2n) is 8.05. The third-order valence-corrected chi connectivity index (χ3v) is 5.08. The Morgan fingerprint density at radius 3 is 1.57 bits per heavy atom. The fourth-order valence-electron chi connectivity index (χ4n) is 3.39. The summed E-state index contributed by atoms with van der Waals surface area (Å²) in [5.41, 5.74) is 12.8. The van der Waals surface area contributed by atoms with Crippen molar-refractivity contribution in [1.82, 2.24) is 19.9 Å². The quantitative estimate of drug-likeness (QED) is 0.239. The summed E-state index contributed by atoms with van der Waals surface area (Å²) < 4.78 is 0. The van der Waals surface area contributed by atoms with Crippen LogP contribution < -0.4 is 16.2 Å². The zero-order chi connectivity index (χ0) is 24.6. The predicted octanol–water partition coefficient (Wildman–Crippen LogP) is 5.30. The van der Waals surface area contributed by atoms with Crippen LogP contribution in [0, 0.1) is 13.8 Å². The fourth-order valence-corrected chi connectivity index (χ4v) is 3.39. The number of rotatable bonds is 8. The number of aromatic nitrogens is 4. The minimum Gasteiger partial charge on any atom is -0.324 e. The van der Waals surface area contributed by atoms with Crippen molar-refractivity contribution in [1.29, 1.82) is 0 Å². The number of hydrogen-bond donors (Lipinski definition) is 3. The standard InChI is InChI=1S/C26H27N9/c1-17-13-18(2)15-23(14-17)29-26-30-24(34-32-19(3)21-5-9-27-10-6-21)16-25(31-26)35-33-20(4)22-7-11-28-12-8-22/h5-16H,1-4H3,(H3,29,30,31,34,35). The van der Waals surface area contributed by atoms with Gasteiger partial charge in [-0.1, -0.05) is 6.07 Å². The van der Waals surface area contributed by atoms with Gasteiger partial charge in [0.2, 0.25) is 5.95 Å². The molecule has 0 aliphatic carbocycles. The summed E-state index contributed by atoms with van der Waals surface area (Å²) in [6.07, 6.45) is 6.93. The lowest BCUT2D eigenvalue weighted by Gasteiger charge is -2.11. The Kier molecular flexibility index (Phi) is 7.37. The highest BCUT2D eigenvalue weighted by Crippen LogP contribution is 2.21. The van der Waals surface area contributed by atoms with E-state index in [1.807, 2.05) is 50.2 Å². The van der Waals surface area contributed by atoms with Crippen molar-refractivity contribution in [2.75, 3.05) is 16.2 Å². The highest BCUT2D eigenvalue weighted by Gasteiger charge is 2.07. The van der Waals surface area contributed by atoms with Crippen LogP contribution in [0.1, 0.15) is 36.1 Å². The van der Waals surface area contributed by atoms with Gasteiger partial charge in [-0.2, -0.15) is 20.2 Å². The molecule has 0 aliphatic heterocycles. The van der Waals surface area contributed by atoms with E-state index >= 15 is 0 Å². The molecule has 4 aromatic rings. The van der Waals surface area contributed by atoms with Crippen LogP contribution in [0.25, 0.3) is 0 Å². The average Bonchev–Trinajstić information content (AvgIpc) is 2.86. The molecule has 0 amide bonds. The van der Waals surface area contributed by atoms with Crippen LogP contribution in [-0.4, -0.2) is 31.4 Å². The Balaban J connectivity index is 1.62. The van der Waals surface area contributed by atoms with Crippen LogP contribution >= 0.6 is 0 Å². The Morgan fingerprint density at radius 1 is 0.657 bits per heavy atom. The first kappa shape index (κ1) is 23.5. The topological polar surface area (TPSA) is 112 Å². The summed E-state index contributed by atoms with van der Waals surface area (Å²) in [5.74, 6) is 1.44. The number of aryl methyl sites for hydroxylation is 2. The van der Waals surface area contributed by atoms with Crippen LogP contribution in [0.5, 0.6) is 0 Å². The van der Waals surface area contributed by atoms with Crippen LogP contribution in [0.3, 0.4) is 0 Å². The van der Waals surface area contributed by atoms with E-state index in [-0.39, 0.29) is 0 Å². The molecule has 0 radical (unpaired) electrons. The Morgan fingerprint density at radius 2 is 1.11 bits per heavy atom. The highest BCUT2D eigenvalue weighted by atomic mass is 15.4. The molecule has 0 unspecified atom stereocenters. The first-order valence-corrected chi connectivity index (χ1v) is 11.1. The molecule has 0 fully saturated rings. The number of benzene rings is 1. The number of hydrazone groups is 2. The molecule has 1 aromatic carbocycles. The molecule has 9 nitrogen and oxygen atoms in total. The monoisotopic (exact) mass is 465 g/mol. The van der Waals surface area contributed by atoms with E-state index in [1.165, 1.54) is 0 Å². The molecular formula is C26H27N9. The van der Waals surface area contributed by atoms with Gasteiger partial charge in [0.05, 0.1) is 11.4 Å². The maximum absolute atomic E-state index is 4.59. The van der Waals surface area contributed by atoms with Crippen LogP contribution in [0.15, 0.2) is 83.5 Å². The molecule has 4 rings (SSSR count). The summed E-state index contributed by atoms with van der Waals surface area (Å²) in [5, 5.41) is 12.2. The van der Waals surface area contributed by atoms with Gasteiger partial charge < -0.3 is 5.32 Å². The van der Waals surface area contributed by atoms with E-state index in [9.17, 15) is 0 Å². The largest absolute Gasteiger partial charge is 0.324 e. The number of hydrogen-bond acceptors (Lipinski definition) is 9. The minimum atomic E-state index is 0.413. The van der Waals surface area contributed by atoms with E-state index in [2.05, 4.69) is 66.2 Å². The molecule has 176 valence electrons. The van der Waals surface area contributed by atoms with Gasteiger partial charge in [0.15, 0.2) is 11.6 Å². The first-order chi connectivity index (χ1) is 17.0. The van der Waals surface area contributed by atoms with Gasteiger partial charge in [0.25, 0.3) is 0 Å². The van der Waals surface area contributed by atoms with Crippen LogP contribution in [0.2, 0.25) is 0 Å². The van der Waals surface area contributed by atoms with E-state index in [1.54, 1.807) is 30.9 Å². The van der Waals surface area contributed by atoms with Crippen molar-refractivity contribution >= 4 is 34.7 Å². The summed E-state index contributed by atoms with van der Waals surface area (Å²) in [4.78, 5) is 17.3. The lowest BCUT2D eigenvalue weighted by molar-refractivity contribution is 1.12. The Bertz CT molecular complexity index is 1250. The van der Waals surface area contributed by atoms with Crippen LogP contribution in [0.4, 0.5) is 23.3 Å². The molecule has 3 heterocycles. The molecule has 0 saturated heterocycles. The van der Waals surface area contributed by atoms with Gasteiger partial charge >= 0.3 is 0 Å². The normalized spacial score (nSPS) is 11.8. The lowest BCUT2D eigenvalue weighted by Crippen LogP contribution is -2.07. The first-order valence-electron chi connectivity index (χ1n) is 11.1. The zero-order valence-electron chi connectivity index (χ0n) is 20.1. The molecule has 0 atom stereocenters. The zero-order valence-corrected chi connectivity index (χ0v) is 20.1. The second-order valence-corrected chi connectivity index (χ2v) is 8.05. The van der Waals surface area contributed by atoms with Crippen molar-refractivity contribution in [3.63, 3.8) is 0 Å². The van der Waals surface area contributed by atoms with Gasteiger partial charge in [-0.05, 0) is 75.2 Å². The molecule has 9 heteroatoms. The summed E-state index contributed by atoms with van der Waals surface area (Å²) >= 11 is 0. The maximum atomic E-state index is 4.59. The van der Waals surface area contributed by atoms with Gasteiger partial charge in [-0.25, -0.2) is 0 Å². The molecular weight excluding hydrogens is 438 g/mol. The van der Waals surface area contributed by atoms with Crippen molar-refractivity contribution in [2.45, 2.75) is 27.7 Å². The number of anilines is 4. The SMILES string of the molecule is CC(=NNc1cc(NN=C(C)c2ccncc2)nc(Nc2cc(C)cc(C)c2)n1)c1ccncc1. The minimum absolute atomic E-state index is 0.413. The van der Waals surface area contributed by atoms with E-state index in [4.69, 9.17) is 0 Å². The molecule has 3 N–H and O–H groups in total. The average molecular weight is 466 g/mol. The van der Waals surface area contributed by atoms with Crippen molar-refractivity contribution in [2.24, 2.45) is 10.2 Å². The summed E-state index contributed by atoms with van der Waals surface area (Å²) in [6, 6.07) is 15.5. The summed E-state index contributed by atoms with van der Waals surface area (Å²) in [7, 11) is 0. The number of pyridine rings is 2. The molecule has 0 bridgehead atoms. The fraction of sp³-hybridized carbons (Fsp3) is 0.154. The summed E-state index contributed by atoms with van der Waals surface area (Å²) in [6.45, 7) is 7.94. The van der Waals surface area contributed by atoms with Gasteiger partial charge in [0, 0.05) is 47.7 Å². The predicted molar refractivity (Wildman–Crippen MR) is 141 cm³/mol. The Hall–Kier alpha value is -4.66. The molecule has 3 aromatic heterocycles. The molecule has 0 saturated carbocycles. The second kappa shape index (κ2) is 11.0. The van der Waals surface area contributed by atoms with Gasteiger partial charge in [-0.3, -0.25) is 20.8 Å². The van der Waals surface area contributed by atoms with E-state index in [0.717, 1.165) is 39.4 Å². The lowest BCUT2D eigenvalue weighted by atomic mass is 10.1. The highest BCUT2D eigenvalue weighted by molar-refractivity contribution is 5.99. The van der Waals surface area contributed by atoms with Gasteiger partial charge in [-0.15, -0.1) is 0 Å². The smallest absolute Gasteiger partial charge is 0.231 e. The van der Waals surface area contributed by atoms with E-state index < -0.39 is 0 Å². The van der Waals surface area contributed by atoms with Crippen molar-refractivity contribution in [3.05, 3.63) is 95.6 Å². The Labute approximate surface area is 204 Å². The van der Waals surface area contributed by atoms with Crippen LogP contribution in [-0.2, 0) is 0 Å². The van der Waals surface area contributed by atoms with Crippen molar-refractivity contribution in [3.8, 4) is 0 Å². The number of nitrogens with one attached hydrogen (secondary N) is 3. The number of nitrogens with zero attached hydrogens (tertiary/aromatic N) is 6. The maximum Gasteiger partial charge on any atom is 0.231 e.